The molecule has 0 unspecified atom stereocenters. The number of hydrogen-bond donors (Lipinski definition) is 0. The fourth-order valence-corrected chi connectivity index (χ4v) is 2.47. The van der Waals surface area contributed by atoms with Crippen molar-refractivity contribution in [3.8, 4) is 0 Å². The summed E-state index contributed by atoms with van der Waals surface area (Å²) >= 11 is 0. The number of nitrogens with zero attached hydrogens (tertiary/aromatic N) is 3. The third kappa shape index (κ3) is 14.3. The first kappa shape index (κ1) is 19.9. The highest BCUT2D eigenvalue weighted by molar-refractivity contribution is 4.89. The monoisotopic (exact) mass is 284 g/mol. The van der Waals surface area contributed by atoms with E-state index in [1.54, 1.807) is 5.92 Å². The van der Waals surface area contributed by atoms with Gasteiger partial charge in [-0.15, -0.1) is 0 Å². The van der Waals surface area contributed by atoms with Gasteiger partial charge in [0.15, 0.2) is 0 Å². The molecule has 3 nitrogen and oxygen atoms in total. The van der Waals surface area contributed by atoms with Crippen molar-refractivity contribution in [1.82, 2.24) is 14.7 Å². The largest absolute Gasteiger partial charge is 0.309 e. The summed E-state index contributed by atoms with van der Waals surface area (Å²) in [5.74, 6) is 1.80. The van der Waals surface area contributed by atoms with Crippen LogP contribution in [0.25, 0.3) is 0 Å². The average molecular weight is 285 g/mol. The summed E-state index contributed by atoms with van der Waals surface area (Å²) in [6.07, 6.45) is 9.32. The molecule has 0 aliphatic carbocycles. The summed E-state index contributed by atoms with van der Waals surface area (Å²) in [6, 6.07) is 0. The number of unbranched alkanes of at least 4 members (excludes halogenated alkanes) is 1. The summed E-state index contributed by atoms with van der Waals surface area (Å²) in [6.45, 7) is 3.66. The highest BCUT2D eigenvalue weighted by atomic mass is 15.1. The molecule has 0 aromatic rings. The Kier molecular flexibility index (Phi) is 12.5. The van der Waals surface area contributed by atoms with Gasteiger partial charge in [0.05, 0.1) is 0 Å². The second kappa shape index (κ2) is 12.6. The lowest BCUT2D eigenvalue weighted by Gasteiger charge is -2.19. The predicted octanol–water partition coefficient (Wildman–Crippen LogP) is 2.98. The molecule has 1 radical (unpaired) electrons. The van der Waals surface area contributed by atoms with Crippen molar-refractivity contribution in [2.24, 2.45) is 0 Å². The summed E-state index contributed by atoms with van der Waals surface area (Å²) in [4.78, 5) is 6.88. The molecule has 0 aliphatic rings. The SMILES string of the molecule is CN(C)CCCC[C](CCCN(C)C)CCCN(C)C. The summed E-state index contributed by atoms with van der Waals surface area (Å²) < 4.78 is 0. The molecule has 0 saturated carbocycles. The lowest BCUT2D eigenvalue weighted by Crippen LogP contribution is -2.16. The van der Waals surface area contributed by atoms with Gasteiger partial charge in [0.25, 0.3) is 0 Å². The van der Waals surface area contributed by atoms with Crippen molar-refractivity contribution in [2.75, 3.05) is 61.9 Å². The van der Waals surface area contributed by atoms with Gasteiger partial charge < -0.3 is 14.7 Å². The van der Waals surface area contributed by atoms with Gasteiger partial charge in [0.2, 0.25) is 0 Å². The molecule has 0 amide bonds. The summed E-state index contributed by atoms with van der Waals surface area (Å²) in [5, 5.41) is 0. The first-order valence-electron chi connectivity index (χ1n) is 8.19. The number of hydrogen-bond acceptors (Lipinski definition) is 3. The van der Waals surface area contributed by atoms with Crippen LogP contribution in [0, 0.1) is 5.92 Å². The van der Waals surface area contributed by atoms with Gasteiger partial charge in [0, 0.05) is 0 Å². The van der Waals surface area contributed by atoms with Crippen LogP contribution in [0.5, 0.6) is 0 Å². The molecule has 0 aromatic heterocycles. The van der Waals surface area contributed by atoms with Gasteiger partial charge in [-0.25, -0.2) is 0 Å². The Morgan fingerprint density at radius 1 is 0.500 bits per heavy atom. The molecule has 0 N–H and O–H groups in total. The molecule has 0 fully saturated rings. The molecule has 0 rings (SSSR count). The van der Waals surface area contributed by atoms with E-state index in [0.717, 1.165) is 0 Å². The minimum Gasteiger partial charge on any atom is -0.309 e. The first-order valence-corrected chi connectivity index (χ1v) is 8.19. The molecule has 0 bridgehead atoms. The molecular weight excluding hydrogens is 246 g/mol. The molecule has 20 heavy (non-hydrogen) atoms. The first-order chi connectivity index (χ1) is 9.41. The van der Waals surface area contributed by atoms with E-state index in [-0.39, 0.29) is 0 Å². The van der Waals surface area contributed by atoms with E-state index in [9.17, 15) is 0 Å². The van der Waals surface area contributed by atoms with Gasteiger partial charge >= 0.3 is 0 Å². The minimum atomic E-state index is 1.22. The van der Waals surface area contributed by atoms with Gasteiger partial charge in [-0.05, 0) is 106 Å². The smallest absolute Gasteiger partial charge is 0.00246 e. The maximum absolute atomic E-state index is 2.30. The van der Waals surface area contributed by atoms with Crippen LogP contribution in [0.1, 0.15) is 44.9 Å². The third-order valence-corrected chi connectivity index (χ3v) is 3.66. The van der Waals surface area contributed by atoms with E-state index in [1.165, 1.54) is 64.6 Å². The second-order valence-electron chi connectivity index (χ2n) is 6.82. The predicted molar refractivity (Wildman–Crippen MR) is 91.2 cm³/mol. The second-order valence-corrected chi connectivity index (χ2v) is 6.82. The van der Waals surface area contributed by atoms with Crippen LogP contribution in [-0.4, -0.2) is 76.6 Å². The summed E-state index contributed by atoms with van der Waals surface area (Å²) in [5.41, 5.74) is 0. The van der Waals surface area contributed by atoms with Crippen LogP contribution >= 0.6 is 0 Å². The maximum atomic E-state index is 2.30. The molecule has 0 atom stereocenters. The van der Waals surface area contributed by atoms with Crippen molar-refractivity contribution in [3.05, 3.63) is 5.92 Å². The molecule has 0 aromatic carbocycles. The zero-order chi connectivity index (χ0) is 15.4. The maximum Gasteiger partial charge on any atom is -0.00246 e. The molecule has 0 spiro atoms. The van der Waals surface area contributed by atoms with Crippen LogP contribution < -0.4 is 0 Å². The van der Waals surface area contributed by atoms with Crippen molar-refractivity contribution in [3.63, 3.8) is 0 Å². The van der Waals surface area contributed by atoms with Crippen molar-refractivity contribution < 1.29 is 0 Å². The van der Waals surface area contributed by atoms with Crippen molar-refractivity contribution in [2.45, 2.75) is 44.9 Å². The van der Waals surface area contributed by atoms with Crippen LogP contribution in [0.15, 0.2) is 0 Å². The van der Waals surface area contributed by atoms with E-state index >= 15 is 0 Å². The third-order valence-electron chi connectivity index (χ3n) is 3.66. The highest BCUT2D eigenvalue weighted by Crippen LogP contribution is 2.23. The fourth-order valence-electron chi connectivity index (χ4n) is 2.47. The van der Waals surface area contributed by atoms with Gasteiger partial charge in [0.1, 0.15) is 0 Å². The van der Waals surface area contributed by atoms with E-state index in [4.69, 9.17) is 0 Å². The Labute approximate surface area is 128 Å². The molecule has 121 valence electrons. The average Bonchev–Trinajstić information content (AvgIpc) is 2.32. The van der Waals surface area contributed by atoms with Gasteiger partial charge in [-0.2, -0.15) is 0 Å². The van der Waals surface area contributed by atoms with E-state index in [2.05, 4.69) is 57.0 Å². The molecule has 0 saturated heterocycles. The van der Waals surface area contributed by atoms with Crippen LogP contribution in [0.3, 0.4) is 0 Å². The van der Waals surface area contributed by atoms with E-state index in [0.29, 0.717) is 0 Å². The Balaban J connectivity index is 3.84. The van der Waals surface area contributed by atoms with Crippen LogP contribution in [-0.2, 0) is 0 Å². The Morgan fingerprint density at radius 3 is 1.25 bits per heavy atom. The number of rotatable bonds is 13. The topological polar surface area (TPSA) is 9.72 Å². The van der Waals surface area contributed by atoms with Crippen molar-refractivity contribution in [1.29, 1.82) is 0 Å². The molecule has 3 heteroatoms. The van der Waals surface area contributed by atoms with Gasteiger partial charge in [-0.1, -0.05) is 6.42 Å². The van der Waals surface area contributed by atoms with Crippen molar-refractivity contribution >= 4 is 0 Å². The molecular formula is C17H38N3. The van der Waals surface area contributed by atoms with Crippen LogP contribution in [0.4, 0.5) is 0 Å². The zero-order valence-corrected chi connectivity index (χ0v) is 14.9. The lowest BCUT2D eigenvalue weighted by atomic mass is 9.92. The normalized spacial score (nSPS) is 12.3. The summed E-state index contributed by atoms with van der Waals surface area (Å²) in [7, 11) is 13.0. The quantitative estimate of drug-likeness (QED) is 0.481. The minimum absolute atomic E-state index is 1.22. The highest BCUT2D eigenvalue weighted by Gasteiger charge is 2.09. The molecule has 0 heterocycles. The van der Waals surface area contributed by atoms with Crippen LogP contribution in [0.2, 0.25) is 0 Å². The molecule has 0 aliphatic heterocycles. The van der Waals surface area contributed by atoms with E-state index in [1.807, 2.05) is 0 Å². The standard InChI is InChI=1S/C17H38N3/c1-18(2)14-8-7-11-17(12-9-15-19(3)4)13-10-16-20(5)6/h7-16H2,1-6H3. The Morgan fingerprint density at radius 2 is 0.850 bits per heavy atom. The fraction of sp³-hybridized carbons (Fsp3) is 0.941. The van der Waals surface area contributed by atoms with Gasteiger partial charge in [-0.3, -0.25) is 0 Å². The lowest BCUT2D eigenvalue weighted by molar-refractivity contribution is 0.370. The Bertz CT molecular complexity index is 188. The Hall–Kier alpha value is -0.120. The van der Waals surface area contributed by atoms with E-state index < -0.39 is 0 Å². The zero-order valence-electron chi connectivity index (χ0n) is 14.9.